The van der Waals surface area contributed by atoms with Crippen LogP contribution in [0.5, 0.6) is 0 Å². The van der Waals surface area contributed by atoms with Crippen LogP contribution in [0.2, 0.25) is 0 Å². The molecule has 0 aromatic heterocycles. The highest BCUT2D eigenvalue weighted by molar-refractivity contribution is 5.03. The van der Waals surface area contributed by atoms with E-state index in [0.29, 0.717) is 6.61 Å². The average molecular weight is 206 g/mol. The summed E-state index contributed by atoms with van der Waals surface area (Å²) in [7, 11) is 0. The summed E-state index contributed by atoms with van der Waals surface area (Å²) in [4.78, 5) is 0. The maximum atomic E-state index is 12.0. The Morgan fingerprint density at radius 2 is 2.07 bits per heavy atom. The number of rotatable bonds is 1. The molecule has 0 radical (unpaired) electrons. The predicted molar refractivity (Wildman–Crippen MR) is 43.9 cm³/mol. The van der Waals surface area contributed by atoms with Crippen molar-refractivity contribution in [3.8, 4) is 0 Å². The number of ether oxygens (including phenoxy) is 3. The quantitative estimate of drug-likeness (QED) is 0.653. The van der Waals surface area contributed by atoms with Crippen LogP contribution in [0.3, 0.4) is 0 Å². The summed E-state index contributed by atoms with van der Waals surface area (Å²) in [6, 6.07) is 0. The number of fused-ring (bicyclic) bond motifs is 1. The lowest BCUT2D eigenvalue weighted by Crippen LogP contribution is -2.28. The molecule has 0 aromatic carbocycles. The molecule has 2 aliphatic heterocycles. The molecule has 0 N–H and O–H groups in total. The fourth-order valence-corrected chi connectivity index (χ4v) is 1.84. The van der Waals surface area contributed by atoms with E-state index in [-0.39, 0.29) is 6.10 Å². The molecule has 2 rings (SSSR count). The third-order valence-electron chi connectivity index (χ3n) is 2.29. The maximum absolute atomic E-state index is 12.0. The molecule has 0 spiro atoms. The molecular formula is C9H12F2O3. The van der Waals surface area contributed by atoms with E-state index >= 15 is 0 Å². The Morgan fingerprint density at radius 3 is 2.71 bits per heavy atom. The zero-order valence-electron chi connectivity index (χ0n) is 8.00. The lowest BCUT2D eigenvalue weighted by molar-refractivity contribution is -0.170. The standard InChI is InChI=1S/C9H12F2O3/c1-9(2)13-6-4-12-5(3-7(10)11)8(6)14-9/h3,5-6,8H,4H2,1-2H3/t5-,6+,8-/m0/s1. The van der Waals surface area contributed by atoms with Gasteiger partial charge in [0.1, 0.15) is 18.3 Å². The Kier molecular flexibility index (Phi) is 2.33. The van der Waals surface area contributed by atoms with Crippen LogP contribution < -0.4 is 0 Å². The van der Waals surface area contributed by atoms with Crippen LogP contribution in [-0.2, 0) is 14.2 Å². The first-order chi connectivity index (χ1) is 6.48. The van der Waals surface area contributed by atoms with Gasteiger partial charge in [-0.15, -0.1) is 0 Å². The minimum atomic E-state index is -1.75. The Labute approximate surface area is 80.6 Å². The number of halogens is 2. The lowest BCUT2D eigenvalue weighted by Gasteiger charge is -2.19. The molecular weight excluding hydrogens is 194 g/mol. The molecule has 2 aliphatic rings. The van der Waals surface area contributed by atoms with Crippen LogP contribution in [0.1, 0.15) is 13.8 Å². The van der Waals surface area contributed by atoms with E-state index < -0.39 is 24.1 Å². The molecule has 3 nitrogen and oxygen atoms in total. The number of hydrogen-bond acceptors (Lipinski definition) is 3. The van der Waals surface area contributed by atoms with Crippen molar-refractivity contribution in [3.05, 3.63) is 12.2 Å². The van der Waals surface area contributed by atoms with Crippen molar-refractivity contribution in [2.24, 2.45) is 0 Å². The van der Waals surface area contributed by atoms with Gasteiger partial charge in [0.05, 0.1) is 6.61 Å². The summed E-state index contributed by atoms with van der Waals surface area (Å²) < 4.78 is 40.1. The molecule has 3 atom stereocenters. The molecule has 0 saturated carbocycles. The maximum Gasteiger partial charge on any atom is 0.269 e. The van der Waals surface area contributed by atoms with Gasteiger partial charge >= 0.3 is 0 Å². The third-order valence-corrected chi connectivity index (χ3v) is 2.29. The fourth-order valence-electron chi connectivity index (χ4n) is 1.84. The average Bonchev–Trinajstić information content (AvgIpc) is 2.47. The van der Waals surface area contributed by atoms with Crippen molar-refractivity contribution in [3.63, 3.8) is 0 Å². The van der Waals surface area contributed by atoms with E-state index in [1.165, 1.54) is 0 Å². The molecule has 14 heavy (non-hydrogen) atoms. The smallest absolute Gasteiger partial charge is 0.269 e. The Morgan fingerprint density at radius 1 is 1.36 bits per heavy atom. The molecule has 2 fully saturated rings. The van der Waals surface area contributed by atoms with Crippen molar-refractivity contribution in [1.82, 2.24) is 0 Å². The highest BCUT2D eigenvalue weighted by atomic mass is 19.3. The lowest BCUT2D eigenvalue weighted by atomic mass is 10.1. The topological polar surface area (TPSA) is 27.7 Å². The summed E-state index contributed by atoms with van der Waals surface area (Å²) in [6.45, 7) is 3.83. The molecule has 5 heteroatoms. The molecule has 0 amide bonds. The van der Waals surface area contributed by atoms with Gasteiger partial charge in [-0.3, -0.25) is 0 Å². The van der Waals surface area contributed by atoms with Gasteiger partial charge in [-0.05, 0) is 13.8 Å². The molecule has 2 heterocycles. The van der Waals surface area contributed by atoms with Crippen molar-refractivity contribution in [1.29, 1.82) is 0 Å². The second kappa shape index (κ2) is 3.25. The zero-order chi connectivity index (χ0) is 10.3. The van der Waals surface area contributed by atoms with Crippen LogP contribution in [0.25, 0.3) is 0 Å². The van der Waals surface area contributed by atoms with Gasteiger partial charge in [-0.2, -0.15) is 8.78 Å². The fraction of sp³-hybridized carbons (Fsp3) is 0.778. The first-order valence-corrected chi connectivity index (χ1v) is 4.48. The highest BCUT2D eigenvalue weighted by Gasteiger charge is 2.49. The van der Waals surface area contributed by atoms with Crippen LogP contribution in [0.15, 0.2) is 12.2 Å². The summed E-state index contributed by atoms with van der Waals surface area (Å²) in [5.41, 5.74) is 0. The van der Waals surface area contributed by atoms with Crippen LogP contribution in [0, 0.1) is 0 Å². The van der Waals surface area contributed by atoms with Gasteiger partial charge in [-0.1, -0.05) is 0 Å². The van der Waals surface area contributed by atoms with Gasteiger partial charge in [0, 0.05) is 6.08 Å². The van der Waals surface area contributed by atoms with Crippen molar-refractivity contribution in [2.45, 2.75) is 37.9 Å². The van der Waals surface area contributed by atoms with E-state index in [4.69, 9.17) is 14.2 Å². The largest absolute Gasteiger partial charge is 0.368 e. The normalized spacial score (nSPS) is 39.6. The van der Waals surface area contributed by atoms with Gasteiger partial charge < -0.3 is 14.2 Å². The second-order valence-corrected chi connectivity index (χ2v) is 3.89. The minimum absolute atomic E-state index is 0.231. The van der Waals surface area contributed by atoms with E-state index in [1.54, 1.807) is 13.8 Å². The third kappa shape index (κ3) is 1.80. The highest BCUT2D eigenvalue weighted by Crippen LogP contribution is 2.35. The molecule has 0 aromatic rings. The van der Waals surface area contributed by atoms with Gasteiger partial charge in [0.2, 0.25) is 0 Å². The van der Waals surface area contributed by atoms with E-state index in [1.807, 2.05) is 0 Å². The van der Waals surface area contributed by atoms with Gasteiger partial charge in [0.25, 0.3) is 6.08 Å². The van der Waals surface area contributed by atoms with E-state index in [9.17, 15) is 8.78 Å². The van der Waals surface area contributed by atoms with Crippen LogP contribution in [-0.4, -0.2) is 30.7 Å². The predicted octanol–water partition coefficient (Wildman–Crippen LogP) is 1.69. The molecule has 0 unspecified atom stereocenters. The van der Waals surface area contributed by atoms with Crippen molar-refractivity contribution < 1.29 is 23.0 Å². The molecule has 80 valence electrons. The monoisotopic (exact) mass is 206 g/mol. The Balaban J connectivity index is 2.08. The summed E-state index contributed by atoms with van der Waals surface area (Å²) >= 11 is 0. The van der Waals surface area contributed by atoms with E-state index in [2.05, 4.69) is 0 Å². The molecule has 0 aliphatic carbocycles. The first kappa shape index (κ1) is 10.0. The first-order valence-electron chi connectivity index (χ1n) is 4.48. The molecule has 0 bridgehead atoms. The van der Waals surface area contributed by atoms with Crippen LogP contribution in [0.4, 0.5) is 8.78 Å². The number of hydrogen-bond donors (Lipinski definition) is 0. The van der Waals surface area contributed by atoms with E-state index in [0.717, 1.165) is 6.08 Å². The zero-order valence-corrected chi connectivity index (χ0v) is 8.00. The van der Waals surface area contributed by atoms with Gasteiger partial charge in [-0.25, -0.2) is 0 Å². The summed E-state index contributed by atoms with van der Waals surface area (Å²) in [5, 5.41) is 0. The SMILES string of the molecule is CC1(C)O[C@H]2[C@H](C=C(F)F)OC[C@H]2O1. The summed E-state index contributed by atoms with van der Waals surface area (Å²) in [5.74, 6) is -0.696. The minimum Gasteiger partial charge on any atom is -0.368 e. The summed E-state index contributed by atoms with van der Waals surface area (Å²) in [6.07, 6.45) is -2.30. The van der Waals surface area contributed by atoms with Gasteiger partial charge in [0.15, 0.2) is 5.79 Å². The van der Waals surface area contributed by atoms with Crippen molar-refractivity contribution >= 4 is 0 Å². The van der Waals surface area contributed by atoms with Crippen LogP contribution >= 0.6 is 0 Å². The molecule has 2 saturated heterocycles. The van der Waals surface area contributed by atoms with Crippen molar-refractivity contribution in [2.75, 3.05) is 6.61 Å². The Bertz CT molecular complexity index is 261. The second-order valence-electron chi connectivity index (χ2n) is 3.89. The Hall–Kier alpha value is -0.520.